The molecule has 0 aliphatic heterocycles. The van der Waals surface area contributed by atoms with Gasteiger partial charge in [0.25, 0.3) is 5.56 Å². The van der Waals surface area contributed by atoms with Gasteiger partial charge in [-0.3, -0.25) is 14.8 Å². The summed E-state index contributed by atoms with van der Waals surface area (Å²) in [7, 11) is 3.37. The lowest BCUT2D eigenvalue weighted by molar-refractivity contribution is 0.702. The Morgan fingerprint density at radius 2 is 2.17 bits per heavy atom. The maximum atomic E-state index is 11.7. The predicted molar refractivity (Wildman–Crippen MR) is 68.6 cm³/mol. The maximum absolute atomic E-state index is 11.7. The quantitative estimate of drug-likeness (QED) is 0.824. The molecule has 0 aliphatic carbocycles. The fourth-order valence-electron chi connectivity index (χ4n) is 1.51. The smallest absolute Gasteiger partial charge is 0.287 e. The fraction of sp³-hybridized carbons (Fsp3) is 0.273. The highest BCUT2D eigenvalue weighted by Crippen LogP contribution is 2.20. The summed E-state index contributed by atoms with van der Waals surface area (Å²) in [6.45, 7) is 0.502. The van der Waals surface area contributed by atoms with Crippen LogP contribution in [0, 0.1) is 0 Å². The van der Waals surface area contributed by atoms with Gasteiger partial charge in [0.05, 0.1) is 30.3 Å². The van der Waals surface area contributed by atoms with E-state index >= 15 is 0 Å². The molecule has 0 saturated heterocycles. The topological polar surface area (TPSA) is 63.9 Å². The van der Waals surface area contributed by atoms with Gasteiger partial charge >= 0.3 is 0 Å². The first-order valence-corrected chi connectivity index (χ1v) is 5.65. The number of halogens is 1. The second-order valence-electron chi connectivity index (χ2n) is 3.83. The molecule has 2 aromatic heterocycles. The van der Waals surface area contributed by atoms with Crippen LogP contribution in [-0.4, -0.2) is 26.8 Å². The number of rotatable bonds is 3. The highest BCUT2D eigenvalue weighted by molar-refractivity contribution is 6.32. The summed E-state index contributed by atoms with van der Waals surface area (Å²) < 4.78 is 1.20. The Morgan fingerprint density at radius 3 is 2.83 bits per heavy atom. The SMILES string of the molecule is CN(Cc1cnccn1)c1cnn(C)c(=O)c1Cl. The van der Waals surface area contributed by atoms with Crippen molar-refractivity contribution in [3.8, 4) is 0 Å². The summed E-state index contributed by atoms with van der Waals surface area (Å²) in [6, 6.07) is 0. The van der Waals surface area contributed by atoms with Crippen LogP contribution in [0.25, 0.3) is 0 Å². The van der Waals surface area contributed by atoms with Gasteiger partial charge in [-0.15, -0.1) is 0 Å². The average molecular weight is 266 g/mol. The Hall–Kier alpha value is -1.95. The molecule has 0 aliphatic rings. The lowest BCUT2D eigenvalue weighted by atomic mass is 10.3. The first-order valence-electron chi connectivity index (χ1n) is 5.27. The number of hydrogen-bond acceptors (Lipinski definition) is 5. The molecule has 0 aromatic carbocycles. The van der Waals surface area contributed by atoms with Crippen molar-refractivity contribution in [1.29, 1.82) is 0 Å². The molecule has 0 unspecified atom stereocenters. The molecule has 0 radical (unpaired) electrons. The van der Waals surface area contributed by atoms with E-state index in [4.69, 9.17) is 11.6 Å². The van der Waals surface area contributed by atoms with Gasteiger partial charge in [0, 0.05) is 26.5 Å². The Bertz CT molecular complexity index is 598. The molecule has 94 valence electrons. The summed E-state index contributed by atoms with van der Waals surface area (Å²) in [5, 5.41) is 4.10. The molecule has 0 fully saturated rings. The molecule has 0 bridgehead atoms. The van der Waals surface area contributed by atoms with Crippen LogP contribution in [0.5, 0.6) is 0 Å². The van der Waals surface area contributed by atoms with Crippen molar-refractivity contribution >= 4 is 17.3 Å². The highest BCUT2D eigenvalue weighted by Gasteiger charge is 2.12. The molecule has 0 N–H and O–H groups in total. The molecule has 18 heavy (non-hydrogen) atoms. The van der Waals surface area contributed by atoms with Gasteiger partial charge in [-0.05, 0) is 0 Å². The molecule has 2 aromatic rings. The van der Waals surface area contributed by atoms with Crippen LogP contribution in [0.2, 0.25) is 5.02 Å². The van der Waals surface area contributed by atoms with Crippen LogP contribution in [0.3, 0.4) is 0 Å². The zero-order valence-electron chi connectivity index (χ0n) is 10.0. The predicted octanol–water partition coefficient (Wildman–Crippen LogP) is 0.860. The molecular formula is C11H12ClN5O. The molecule has 6 nitrogen and oxygen atoms in total. The van der Waals surface area contributed by atoms with Crippen molar-refractivity contribution in [2.75, 3.05) is 11.9 Å². The zero-order valence-corrected chi connectivity index (χ0v) is 10.8. The van der Waals surface area contributed by atoms with Crippen LogP contribution in [-0.2, 0) is 13.6 Å². The van der Waals surface area contributed by atoms with Crippen molar-refractivity contribution < 1.29 is 0 Å². The first kappa shape index (κ1) is 12.5. The summed E-state index contributed by atoms with van der Waals surface area (Å²) in [5.74, 6) is 0. The zero-order chi connectivity index (χ0) is 13.1. The van der Waals surface area contributed by atoms with Gasteiger partial charge in [0.2, 0.25) is 0 Å². The molecule has 2 rings (SSSR count). The van der Waals surface area contributed by atoms with E-state index in [-0.39, 0.29) is 10.6 Å². The van der Waals surface area contributed by atoms with Gasteiger partial charge in [0.1, 0.15) is 5.02 Å². The number of aryl methyl sites for hydroxylation is 1. The van der Waals surface area contributed by atoms with Gasteiger partial charge < -0.3 is 4.90 Å². The molecule has 0 spiro atoms. The molecule has 7 heteroatoms. The maximum Gasteiger partial charge on any atom is 0.287 e. The van der Waals surface area contributed by atoms with Crippen LogP contribution in [0.4, 0.5) is 5.69 Å². The van der Waals surface area contributed by atoms with Crippen molar-refractivity contribution in [1.82, 2.24) is 19.7 Å². The standard InChI is InChI=1S/C11H12ClN5O/c1-16(7-8-5-13-3-4-14-8)9-6-15-17(2)11(18)10(9)12/h3-6H,7H2,1-2H3. The lowest BCUT2D eigenvalue weighted by Crippen LogP contribution is -2.25. The number of hydrogen-bond donors (Lipinski definition) is 0. The number of nitrogens with zero attached hydrogens (tertiary/aromatic N) is 5. The van der Waals surface area contributed by atoms with E-state index in [0.717, 1.165) is 5.69 Å². The van der Waals surface area contributed by atoms with E-state index in [1.807, 2.05) is 7.05 Å². The minimum Gasteiger partial charge on any atom is -0.366 e. The minimum absolute atomic E-state index is 0.152. The number of aromatic nitrogens is 4. The van der Waals surface area contributed by atoms with E-state index in [2.05, 4.69) is 15.1 Å². The molecule has 2 heterocycles. The molecular weight excluding hydrogens is 254 g/mol. The third-order valence-electron chi connectivity index (χ3n) is 2.49. The van der Waals surface area contributed by atoms with Crippen LogP contribution in [0.1, 0.15) is 5.69 Å². The van der Waals surface area contributed by atoms with Gasteiger partial charge in [-0.2, -0.15) is 5.10 Å². The van der Waals surface area contributed by atoms with E-state index in [0.29, 0.717) is 12.2 Å². The van der Waals surface area contributed by atoms with Crippen LogP contribution >= 0.6 is 11.6 Å². The van der Waals surface area contributed by atoms with Crippen molar-refractivity contribution in [3.05, 3.63) is 45.9 Å². The molecule has 0 saturated carbocycles. The third kappa shape index (κ3) is 2.48. The van der Waals surface area contributed by atoms with Crippen molar-refractivity contribution in [3.63, 3.8) is 0 Å². The second kappa shape index (κ2) is 5.14. The summed E-state index contributed by atoms with van der Waals surface area (Å²) in [6.07, 6.45) is 6.45. The summed E-state index contributed by atoms with van der Waals surface area (Å²) in [5.41, 5.74) is 1.04. The highest BCUT2D eigenvalue weighted by atomic mass is 35.5. The van der Waals surface area contributed by atoms with Gasteiger partial charge in [0.15, 0.2) is 0 Å². The summed E-state index contributed by atoms with van der Waals surface area (Å²) >= 11 is 6.01. The van der Waals surface area contributed by atoms with Gasteiger partial charge in [-0.25, -0.2) is 4.68 Å². The van der Waals surface area contributed by atoms with Crippen LogP contribution in [0.15, 0.2) is 29.6 Å². The Kier molecular flexibility index (Phi) is 3.57. The van der Waals surface area contributed by atoms with Crippen molar-refractivity contribution in [2.24, 2.45) is 7.05 Å². The number of anilines is 1. The molecule has 0 atom stereocenters. The van der Waals surface area contributed by atoms with Gasteiger partial charge in [-0.1, -0.05) is 11.6 Å². The van der Waals surface area contributed by atoms with Crippen LogP contribution < -0.4 is 10.5 Å². The second-order valence-corrected chi connectivity index (χ2v) is 4.20. The normalized spacial score (nSPS) is 10.4. The Morgan fingerprint density at radius 1 is 1.39 bits per heavy atom. The van der Waals surface area contributed by atoms with E-state index < -0.39 is 0 Å². The fourth-order valence-corrected chi connectivity index (χ4v) is 1.82. The van der Waals surface area contributed by atoms with E-state index in [1.165, 1.54) is 4.68 Å². The monoisotopic (exact) mass is 265 g/mol. The van der Waals surface area contributed by atoms with E-state index in [1.54, 1.807) is 36.7 Å². The largest absolute Gasteiger partial charge is 0.366 e. The third-order valence-corrected chi connectivity index (χ3v) is 2.84. The Labute approximate surface area is 109 Å². The van der Waals surface area contributed by atoms with Crippen molar-refractivity contribution in [2.45, 2.75) is 6.54 Å². The Balaban J connectivity index is 2.27. The average Bonchev–Trinajstić information content (AvgIpc) is 2.37. The summed E-state index contributed by atoms with van der Waals surface area (Å²) in [4.78, 5) is 21.6. The minimum atomic E-state index is -0.319. The van der Waals surface area contributed by atoms with E-state index in [9.17, 15) is 4.79 Å². The molecule has 0 amide bonds. The lowest BCUT2D eigenvalue weighted by Gasteiger charge is -2.19. The first-order chi connectivity index (χ1) is 8.59.